The maximum Gasteiger partial charge on any atom is 0.147 e. The van der Waals surface area contributed by atoms with Crippen molar-refractivity contribution in [2.45, 2.75) is 6.92 Å². The third-order valence-corrected chi connectivity index (χ3v) is 1.41. The van der Waals surface area contributed by atoms with E-state index in [0.717, 1.165) is 0 Å². The zero-order chi connectivity index (χ0) is 5.91. The Morgan fingerprint density at radius 1 is 1.57 bits per heavy atom. The van der Waals surface area contributed by atoms with Crippen LogP contribution >= 0.6 is 0 Å². The topological polar surface area (TPSA) is 34.1 Å². The van der Waals surface area contributed by atoms with E-state index in [1.54, 1.807) is 13.3 Å². The minimum atomic E-state index is -2.73. The Morgan fingerprint density at radius 3 is 2.00 bits per heavy atom. The first-order valence-corrected chi connectivity index (χ1v) is 4.08. The first-order valence-electron chi connectivity index (χ1n) is 2.02. The van der Waals surface area contributed by atoms with Gasteiger partial charge in [0.15, 0.2) is 0 Å². The van der Waals surface area contributed by atoms with Gasteiger partial charge in [0.05, 0.1) is 5.75 Å². The van der Waals surface area contributed by atoms with Gasteiger partial charge in [0, 0.05) is 6.26 Å². The Bertz CT molecular complexity index is 123. The maximum atomic E-state index is 10.2. The van der Waals surface area contributed by atoms with E-state index in [-0.39, 0.29) is 5.75 Å². The number of hydrogen-bond acceptors (Lipinski definition) is 2. The van der Waals surface area contributed by atoms with Crippen LogP contribution in [0.2, 0.25) is 0 Å². The second-order valence-corrected chi connectivity index (χ2v) is 3.69. The average molecular weight is 121 g/mol. The summed E-state index contributed by atoms with van der Waals surface area (Å²) >= 11 is 0. The van der Waals surface area contributed by atoms with Gasteiger partial charge in [0.1, 0.15) is 9.84 Å². The number of rotatable bonds is 2. The van der Waals surface area contributed by atoms with Gasteiger partial charge < -0.3 is 0 Å². The highest BCUT2D eigenvalue weighted by atomic mass is 32.2. The molecule has 0 amide bonds. The molecular weight excluding hydrogens is 112 g/mol. The Labute approximate surface area is 44.5 Å². The fourth-order valence-electron chi connectivity index (χ4n) is 0.303. The lowest BCUT2D eigenvalue weighted by Gasteiger charge is -1.86. The molecule has 0 aromatic heterocycles. The smallest absolute Gasteiger partial charge is 0.147 e. The van der Waals surface area contributed by atoms with Crippen LogP contribution in [-0.2, 0) is 9.84 Å². The third kappa shape index (κ3) is 5.95. The van der Waals surface area contributed by atoms with Crippen LogP contribution in [0.5, 0.6) is 0 Å². The van der Waals surface area contributed by atoms with Gasteiger partial charge in [0.2, 0.25) is 0 Å². The van der Waals surface area contributed by atoms with Gasteiger partial charge in [-0.2, -0.15) is 0 Å². The van der Waals surface area contributed by atoms with Crippen LogP contribution in [0.1, 0.15) is 6.92 Å². The molecule has 0 atom stereocenters. The van der Waals surface area contributed by atoms with Gasteiger partial charge in [-0.25, -0.2) is 8.42 Å². The molecule has 0 aliphatic carbocycles. The Kier molecular flexibility index (Phi) is 2.29. The lowest BCUT2D eigenvalue weighted by Crippen LogP contribution is -2.00. The molecule has 2 nitrogen and oxygen atoms in total. The summed E-state index contributed by atoms with van der Waals surface area (Å²) in [4.78, 5) is 0. The van der Waals surface area contributed by atoms with Gasteiger partial charge in [0.25, 0.3) is 0 Å². The predicted octanol–water partition coefficient (Wildman–Crippen LogP) is 0.255. The van der Waals surface area contributed by atoms with Crippen molar-refractivity contribution in [2.24, 2.45) is 0 Å². The summed E-state index contributed by atoms with van der Waals surface area (Å²) in [5.41, 5.74) is 0. The van der Waals surface area contributed by atoms with E-state index in [1.165, 1.54) is 6.26 Å². The Hall–Kier alpha value is -0.0500. The minimum Gasteiger partial charge on any atom is -0.229 e. The van der Waals surface area contributed by atoms with Gasteiger partial charge in [-0.1, -0.05) is 6.92 Å². The molecule has 0 bridgehead atoms. The van der Waals surface area contributed by atoms with Gasteiger partial charge in [-0.05, 0) is 6.42 Å². The molecule has 0 unspecified atom stereocenters. The van der Waals surface area contributed by atoms with Crippen LogP contribution in [0.3, 0.4) is 0 Å². The molecule has 0 aromatic carbocycles. The SMILES string of the molecule is C[CH]CS(C)(=O)=O. The summed E-state index contributed by atoms with van der Waals surface area (Å²) in [6, 6.07) is 0. The van der Waals surface area contributed by atoms with E-state index >= 15 is 0 Å². The van der Waals surface area contributed by atoms with Crippen LogP contribution in [-0.4, -0.2) is 20.4 Å². The largest absolute Gasteiger partial charge is 0.229 e. The van der Waals surface area contributed by atoms with Crippen molar-refractivity contribution in [1.82, 2.24) is 0 Å². The van der Waals surface area contributed by atoms with E-state index in [0.29, 0.717) is 0 Å². The molecule has 7 heavy (non-hydrogen) atoms. The van der Waals surface area contributed by atoms with Crippen molar-refractivity contribution < 1.29 is 8.42 Å². The molecule has 0 saturated heterocycles. The Morgan fingerprint density at radius 2 is 2.00 bits per heavy atom. The second kappa shape index (κ2) is 2.31. The van der Waals surface area contributed by atoms with Crippen molar-refractivity contribution in [1.29, 1.82) is 0 Å². The van der Waals surface area contributed by atoms with Crippen LogP contribution in [0, 0.1) is 6.42 Å². The Balaban J connectivity index is 3.60. The highest BCUT2D eigenvalue weighted by Gasteiger charge is 1.95. The van der Waals surface area contributed by atoms with Gasteiger partial charge in [-0.3, -0.25) is 0 Å². The molecule has 0 aliphatic heterocycles. The summed E-state index contributed by atoms with van der Waals surface area (Å²) in [6.45, 7) is 1.72. The molecule has 0 fully saturated rings. The summed E-state index contributed by atoms with van der Waals surface area (Å²) in [5.74, 6) is 0.188. The van der Waals surface area contributed by atoms with Crippen molar-refractivity contribution in [3.8, 4) is 0 Å². The van der Waals surface area contributed by atoms with Crippen LogP contribution in [0.25, 0.3) is 0 Å². The summed E-state index contributed by atoms with van der Waals surface area (Å²) < 4.78 is 20.4. The maximum absolute atomic E-state index is 10.2. The zero-order valence-corrected chi connectivity index (χ0v) is 5.33. The molecule has 0 rings (SSSR count). The predicted molar refractivity (Wildman–Crippen MR) is 29.7 cm³/mol. The van der Waals surface area contributed by atoms with Crippen molar-refractivity contribution in [3.63, 3.8) is 0 Å². The molecule has 3 heteroatoms. The molecular formula is C4H9O2S. The van der Waals surface area contributed by atoms with Crippen LogP contribution < -0.4 is 0 Å². The fourth-order valence-corrected chi connectivity index (χ4v) is 0.908. The molecule has 0 aromatic rings. The summed E-state index contributed by atoms with van der Waals surface area (Å²) in [5, 5.41) is 0. The first kappa shape index (κ1) is 6.95. The summed E-state index contributed by atoms with van der Waals surface area (Å²) in [6.07, 6.45) is 2.84. The number of hydrogen-bond donors (Lipinski definition) is 0. The molecule has 0 heterocycles. The average Bonchev–Trinajstić information content (AvgIpc) is 1.30. The molecule has 0 spiro atoms. The molecule has 0 aliphatic rings. The van der Waals surface area contributed by atoms with E-state index in [4.69, 9.17) is 0 Å². The van der Waals surface area contributed by atoms with Gasteiger partial charge in [-0.15, -0.1) is 0 Å². The molecule has 0 N–H and O–H groups in total. The lowest BCUT2D eigenvalue weighted by molar-refractivity contribution is 0.603. The van der Waals surface area contributed by atoms with Crippen molar-refractivity contribution in [2.75, 3.05) is 12.0 Å². The number of sulfone groups is 1. The molecule has 1 radical (unpaired) electrons. The zero-order valence-electron chi connectivity index (χ0n) is 4.51. The van der Waals surface area contributed by atoms with E-state index in [1.807, 2.05) is 0 Å². The van der Waals surface area contributed by atoms with Crippen LogP contribution in [0.4, 0.5) is 0 Å². The van der Waals surface area contributed by atoms with Gasteiger partial charge >= 0.3 is 0 Å². The fraction of sp³-hybridized carbons (Fsp3) is 0.750. The third-order valence-electron chi connectivity index (χ3n) is 0.469. The normalized spacial score (nSPS) is 11.7. The highest BCUT2D eigenvalue weighted by molar-refractivity contribution is 7.90. The monoisotopic (exact) mass is 121 g/mol. The van der Waals surface area contributed by atoms with E-state index in [9.17, 15) is 8.42 Å². The minimum absolute atomic E-state index is 0.188. The van der Waals surface area contributed by atoms with E-state index < -0.39 is 9.84 Å². The molecule has 43 valence electrons. The quantitative estimate of drug-likeness (QED) is 0.525. The highest BCUT2D eigenvalue weighted by Crippen LogP contribution is 1.83. The lowest BCUT2D eigenvalue weighted by atomic mass is 10.6. The van der Waals surface area contributed by atoms with E-state index in [2.05, 4.69) is 0 Å². The van der Waals surface area contributed by atoms with Crippen molar-refractivity contribution >= 4 is 9.84 Å². The van der Waals surface area contributed by atoms with Crippen molar-refractivity contribution in [3.05, 3.63) is 6.42 Å². The standard InChI is InChI=1S/C4H9O2S/c1-3-4-7(2,5)6/h3H,4H2,1-2H3. The molecule has 0 saturated carbocycles. The first-order chi connectivity index (χ1) is 3.06. The summed E-state index contributed by atoms with van der Waals surface area (Å²) in [7, 11) is -2.73. The van der Waals surface area contributed by atoms with Crippen LogP contribution in [0.15, 0.2) is 0 Å². The second-order valence-electron chi connectivity index (χ2n) is 1.50.